The van der Waals surface area contributed by atoms with Gasteiger partial charge in [-0.15, -0.1) is 0 Å². The molecule has 2 atom stereocenters. The molecule has 114 valence electrons. The van der Waals surface area contributed by atoms with Gasteiger partial charge in [0.25, 0.3) is 0 Å². The zero-order valence-corrected chi connectivity index (χ0v) is 13.8. The molecule has 0 saturated heterocycles. The molecular formula is C16H17Cl3NO-. The Morgan fingerprint density at radius 3 is 2.38 bits per heavy atom. The molecule has 0 bridgehead atoms. The normalized spacial score (nSPS) is 13.3. The molecule has 2 N–H and O–H groups in total. The first-order valence-corrected chi connectivity index (χ1v) is 7.24. The number of hydrogen-bond donors (Lipinski definition) is 2. The van der Waals surface area contributed by atoms with E-state index in [0.717, 1.165) is 11.1 Å². The van der Waals surface area contributed by atoms with E-state index in [1.54, 1.807) is 6.07 Å². The summed E-state index contributed by atoms with van der Waals surface area (Å²) in [6.07, 6.45) is -0.553. The van der Waals surface area contributed by atoms with Crippen molar-refractivity contribution < 1.29 is 17.5 Å². The van der Waals surface area contributed by atoms with Gasteiger partial charge < -0.3 is 22.8 Å². The van der Waals surface area contributed by atoms with E-state index in [9.17, 15) is 5.11 Å². The highest BCUT2D eigenvalue weighted by Gasteiger charge is 2.15. The summed E-state index contributed by atoms with van der Waals surface area (Å²) in [5, 5.41) is 14.8. The number of hydrogen-bond acceptors (Lipinski definition) is 2. The molecule has 2 rings (SSSR count). The molecule has 0 spiro atoms. The molecule has 0 aliphatic carbocycles. The maximum Gasteiger partial charge on any atom is 0.0940 e. The van der Waals surface area contributed by atoms with E-state index in [0.29, 0.717) is 16.6 Å². The van der Waals surface area contributed by atoms with Gasteiger partial charge in [-0.2, -0.15) is 0 Å². The zero-order chi connectivity index (χ0) is 14.5. The van der Waals surface area contributed by atoms with Crippen molar-refractivity contribution in [2.24, 2.45) is 0 Å². The van der Waals surface area contributed by atoms with Gasteiger partial charge in [0, 0.05) is 22.6 Å². The Bertz CT molecular complexity index is 563. The van der Waals surface area contributed by atoms with E-state index in [4.69, 9.17) is 23.2 Å². The maximum atomic E-state index is 10.3. The third-order valence-corrected chi connectivity index (χ3v) is 3.83. The molecule has 5 heteroatoms. The first kappa shape index (κ1) is 18.3. The molecule has 0 aromatic heterocycles. The molecule has 0 saturated carbocycles. The molecule has 0 heterocycles. The van der Waals surface area contributed by atoms with Gasteiger partial charge in [0.2, 0.25) is 0 Å². The lowest BCUT2D eigenvalue weighted by Crippen LogP contribution is -3.00. The van der Waals surface area contributed by atoms with Crippen molar-refractivity contribution in [3.63, 3.8) is 0 Å². The Balaban J connectivity index is 0.00000220. The second-order valence-electron chi connectivity index (χ2n) is 4.76. The Morgan fingerprint density at radius 2 is 1.76 bits per heavy atom. The van der Waals surface area contributed by atoms with Crippen LogP contribution in [0.4, 0.5) is 0 Å². The summed E-state index contributed by atoms with van der Waals surface area (Å²) in [5.74, 6) is 0. The molecule has 2 aromatic rings. The number of nitrogens with one attached hydrogen (secondary N) is 1. The minimum atomic E-state index is -0.553. The second kappa shape index (κ2) is 8.62. The van der Waals surface area contributed by atoms with Crippen molar-refractivity contribution in [2.45, 2.75) is 25.6 Å². The van der Waals surface area contributed by atoms with Crippen LogP contribution in [0.25, 0.3) is 0 Å². The first-order chi connectivity index (χ1) is 9.58. The lowest BCUT2D eigenvalue weighted by Gasteiger charge is -2.21. The lowest BCUT2D eigenvalue weighted by atomic mass is 10.0. The van der Waals surface area contributed by atoms with Crippen LogP contribution < -0.4 is 17.7 Å². The fraction of sp³-hybridized carbons (Fsp3) is 0.250. The van der Waals surface area contributed by atoms with E-state index in [2.05, 4.69) is 5.32 Å². The van der Waals surface area contributed by atoms with Gasteiger partial charge in [-0.3, -0.25) is 0 Å². The van der Waals surface area contributed by atoms with E-state index in [-0.39, 0.29) is 18.4 Å². The lowest BCUT2D eigenvalue weighted by molar-refractivity contribution is -0.00000537. The van der Waals surface area contributed by atoms with E-state index < -0.39 is 6.10 Å². The largest absolute Gasteiger partial charge is 1.00 e. The molecule has 0 amide bonds. The van der Waals surface area contributed by atoms with Gasteiger partial charge in [-0.05, 0) is 30.2 Å². The molecular weight excluding hydrogens is 329 g/mol. The molecule has 0 aliphatic heterocycles. The highest BCUT2D eigenvalue weighted by atomic mass is 35.5. The van der Waals surface area contributed by atoms with Crippen LogP contribution in [0.1, 0.15) is 24.2 Å². The third kappa shape index (κ3) is 5.17. The minimum absolute atomic E-state index is 0. The fourth-order valence-electron chi connectivity index (χ4n) is 1.99. The van der Waals surface area contributed by atoms with Gasteiger partial charge in [0.15, 0.2) is 0 Å². The summed E-state index contributed by atoms with van der Waals surface area (Å²) >= 11 is 12.0. The monoisotopic (exact) mass is 344 g/mol. The van der Waals surface area contributed by atoms with Crippen molar-refractivity contribution in [3.8, 4) is 0 Å². The fourth-order valence-corrected chi connectivity index (χ4v) is 2.46. The van der Waals surface area contributed by atoms with Crippen molar-refractivity contribution in [1.82, 2.24) is 5.32 Å². The van der Waals surface area contributed by atoms with Crippen LogP contribution in [0.3, 0.4) is 0 Å². The van der Waals surface area contributed by atoms with Crippen LogP contribution in [0, 0.1) is 0 Å². The van der Waals surface area contributed by atoms with Crippen molar-refractivity contribution >= 4 is 23.2 Å². The third-order valence-electron chi connectivity index (χ3n) is 3.24. The van der Waals surface area contributed by atoms with Gasteiger partial charge in [0.05, 0.1) is 6.10 Å². The summed E-state index contributed by atoms with van der Waals surface area (Å²) in [6, 6.07) is 14.9. The standard InChI is InChI=1S/C16H17Cl2NO.ClH/c1-11(16(20)12-5-3-2-4-6-12)19-10-13-7-8-14(17)9-15(13)18;/h2-9,11,16,19-20H,10H2,1H3;1H/p-1. The Hall–Kier alpha value is -0.770. The smallest absolute Gasteiger partial charge is 0.0940 e. The van der Waals surface area contributed by atoms with Crippen LogP contribution in [-0.4, -0.2) is 11.1 Å². The van der Waals surface area contributed by atoms with Crippen LogP contribution >= 0.6 is 23.2 Å². The summed E-state index contributed by atoms with van der Waals surface area (Å²) in [7, 11) is 0. The molecule has 21 heavy (non-hydrogen) atoms. The molecule has 2 unspecified atom stereocenters. The van der Waals surface area contributed by atoms with Crippen molar-refractivity contribution in [2.75, 3.05) is 0 Å². The van der Waals surface area contributed by atoms with Crippen LogP contribution in [-0.2, 0) is 6.54 Å². The average molecular weight is 346 g/mol. The number of aliphatic hydroxyl groups is 1. The van der Waals surface area contributed by atoms with Crippen LogP contribution in [0.2, 0.25) is 10.0 Å². The van der Waals surface area contributed by atoms with Gasteiger partial charge >= 0.3 is 0 Å². The highest BCUT2D eigenvalue weighted by molar-refractivity contribution is 6.35. The van der Waals surface area contributed by atoms with Gasteiger partial charge in [-0.1, -0.05) is 59.6 Å². The van der Waals surface area contributed by atoms with Crippen molar-refractivity contribution in [3.05, 3.63) is 69.7 Å². The predicted octanol–water partition coefficient (Wildman–Crippen LogP) is 1.21. The molecule has 2 aromatic carbocycles. The maximum absolute atomic E-state index is 10.3. The van der Waals surface area contributed by atoms with E-state index in [1.165, 1.54) is 0 Å². The molecule has 0 aliphatic rings. The van der Waals surface area contributed by atoms with Gasteiger partial charge in [0.1, 0.15) is 0 Å². The van der Waals surface area contributed by atoms with E-state index >= 15 is 0 Å². The van der Waals surface area contributed by atoms with Crippen LogP contribution in [0.5, 0.6) is 0 Å². The quantitative estimate of drug-likeness (QED) is 0.854. The summed E-state index contributed by atoms with van der Waals surface area (Å²) in [6.45, 7) is 2.53. The number of aliphatic hydroxyl groups excluding tert-OH is 1. The van der Waals surface area contributed by atoms with Crippen molar-refractivity contribution in [1.29, 1.82) is 0 Å². The van der Waals surface area contributed by atoms with Crippen LogP contribution in [0.15, 0.2) is 48.5 Å². The summed E-state index contributed by atoms with van der Waals surface area (Å²) < 4.78 is 0. The molecule has 0 radical (unpaired) electrons. The molecule has 2 nitrogen and oxygen atoms in total. The number of benzene rings is 2. The zero-order valence-electron chi connectivity index (χ0n) is 11.6. The predicted molar refractivity (Wildman–Crippen MR) is 84.2 cm³/mol. The number of rotatable bonds is 5. The Morgan fingerprint density at radius 1 is 1.10 bits per heavy atom. The average Bonchev–Trinajstić information content (AvgIpc) is 2.46. The molecule has 0 fully saturated rings. The highest BCUT2D eigenvalue weighted by Crippen LogP contribution is 2.22. The second-order valence-corrected chi connectivity index (χ2v) is 5.60. The number of halogens is 3. The first-order valence-electron chi connectivity index (χ1n) is 6.48. The SMILES string of the molecule is CC(NCc1ccc(Cl)cc1Cl)C(O)c1ccccc1.[Cl-]. The summed E-state index contributed by atoms with van der Waals surface area (Å²) in [5.41, 5.74) is 1.86. The van der Waals surface area contributed by atoms with E-state index in [1.807, 2.05) is 49.4 Å². The Labute approximate surface area is 141 Å². The Kier molecular flexibility index (Phi) is 7.50. The summed E-state index contributed by atoms with van der Waals surface area (Å²) in [4.78, 5) is 0. The topological polar surface area (TPSA) is 32.3 Å². The minimum Gasteiger partial charge on any atom is -1.00 e. The van der Waals surface area contributed by atoms with Gasteiger partial charge in [-0.25, -0.2) is 0 Å².